The molecule has 3 nitrogen and oxygen atoms in total. The largest absolute Gasteiger partial charge is 0.333 e. The van der Waals surface area contributed by atoms with Gasteiger partial charge in [0.1, 0.15) is 0 Å². The summed E-state index contributed by atoms with van der Waals surface area (Å²) in [5, 5.41) is 3.87. The van der Waals surface area contributed by atoms with Gasteiger partial charge in [0.25, 0.3) is 0 Å². The van der Waals surface area contributed by atoms with E-state index in [1.165, 1.54) is 24.6 Å². The number of nitrogens with zero attached hydrogens (tertiary/aromatic N) is 3. The summed E-state index contributed by atoms with van der Waals surface area (Å²) in [4.78, 5) is 2.48. The smallest absolute Gasteiger partial charge is 0.297 e. The first-order valence-electron chi connectivity index (χ1n) is 7.74. The van der Waals surface area contributed by atoms with E-state index in [1.807, 2.05) is 12.1 Å². The Hall–Kier alpha value is -1.75. The third kappa shape index (κ3) is 2.90. The third-order valence-electron chi connectivity index (χ3n) is 4.51. The number of aromatic nitrogens is 2. The van der Waals surface area contributed by atoms with Crippen molar-refractivity contribution >= 4 is 0 Å². The second-order valence-corrected chi connectivity index (χ2v) is 5.93. The minimum absolute atomic E-state index is 0.404. The average molecular weight is 305 g/mol. The Morgan fingerprint density at radius 3 is 2.27 bits per heavy atom. The molecule has 1 atom stereocenters. The van der Waals surface area contributed by atoms with Gasteiger partial charge in [-0.25, -0.2) is 4.68 Å². The number of aryl methyl sites for hydroxylation is 1. The van der Waals surface area contributed by atoms with Crippen molar-refractivity contribution in [1.82, 2.24) is 14.7 Å². The van der Waals surface area contributed by atoms with E-state index in [4.69, 9.17) is 0 Å². The summed E-state index contributed by atoms with van der Waals surface area (Å²) >= 11 is 0. The van der Waals surface area contributed by atoms with E-state index in [-0.39, 0.29) is 0 Å². The number of halogens is 2. The SMILES string of the molecule is Cc1nn(C(F)F)cc1-c1ccc([C@H](C)N2CCCC2)cc1. The van der Waals surface area contributed by atoms with Crippen molar-refractivity contribution in [2.24, 2.45) is 0 Å². The predicted octanol–water partition coefficient (Wildman–Crippen LogP) is 4.41. The fourth-order valence-electron chi connectivity index (χ4n) is 3.15. The van der Waals surface area contributed by atoms with Crippen LogP contribution in [0.15, 0.2) is 30.5 Å². The predicted molar refractivity (Wildman–Crippen MR) is 82.9 cm³/mol. The van der Waals surface area contributed by atoms with Crippen LogP contribution in [-0.2, 0) is 0 Å². The zero-order chi connectivity index (χ0) is 15.7. The minimum atomic E-state index is -2.60. The molecule has 118 valence electrons. The van der Waals surface area contributed by atoms with Crippen molar-refractivity contribution in [2.75, 3.05) is 13.1 Å². The molecule has 2 heterocycles. The van der Waals surface area contributed by atoms with Crippen molar-refractivity contribution in [3.05, 3.63) is 41.7 Å². The fraction of sp³-hybridized carbons (Fsp3) is 0.471. The standard InChI is InChI=1S/C17H21F2N3/c1-12-16(11-22(20-12)17(18)19)15-7-5-14(6-8-15)13(2)21-9-3-4-10-21/h5-8,11,13,17H,3-4,9-10H2,1-2H3/t13-/m0/s1. The summed E-state index contributed by atoms with van der Waals surface area (Å²) < 4.78 is 26.1. The third-order valence-corrected chi connectivity index (χ3v) is 4.51. The number of benzene rings is 1. The second-order valence-electron chi connectivity index (χ2n) is 5.93. The van der Waals surface area contributed by atoms with E-state index < -0.39 is 6.55 Å². The molecule has 0 aliphatic carbocycles. The Balaban J connectivity index is 1.82. The topological polar surface area (TPSA) is 21.1 Å². The van der Waals surface area contributed by atoms with E-state index in [0.717, 1.165) is 24.2 Å². The van der Waals surface area contributed by atoms with Gasteiger partial charge in [0, 0.05) is 17.8 Å². The molecular formula is C17H21F2N3. The summed E-state index contributed by atoms with van der Waals surface area (Å²) in [5.74, 6) is 0. The molecule has 0 N–H and O–H groups in total. The van der Waals surface area contributed by atoms with Gasteiger partial charge in [-0.15, -0.1) is 0 Å². The first kappa shape index (κ1) is 15.2. The highest BCUT2D eigenvalue weighted by molar-refractivity contribution is 5.65. The Morgan fingerprint density at radius 1 is 1.09 bits per heavy atom. The van der Waals surface area contributed by atoms with Crippen LogP contribution in [0.2, 0.25) is 0 Å². The van der Waals surface area contributed by atoms with Gasteiger partial charge in [-0.05, 0) is 50.9 Å². The van der Waals surface area contributed by atoms with Gasteiger partial charge in [0.15, 0.2) is 0 Å². The van der Waals surface area contributed by atoms with Crippen LogP contribution in [0.4, 0.5) is 8.78 Å². The van der Waals surface area contributed by atoms with Crippen LogP contribution in [0.25, 0.3) is 11.1 Å². The van der Waals surface area contributed by atoms with Crippen LogP contribution in [0.1, 0.15) is 43.6 Å². The van der Waals surface area contributed by atoms with E-state index in [0.29, 0.717) is 16.4 Å². The summed E-state index contributed by atoms with van der Waals surface area (Å²) in [7, 11) is 0. The molecule has 3 rings (SSSR count). The van der Waals surface area contributed by atoms with Gasteiger partial charge in [0.05, 0.1) is 5.69 Å². The van der Waals surface area contributed by atoms with E-state index in [9.17, 15) is 8.78 Å². The lowest BCUT2D eigenvalue weighted by Gasteiger charge is -2.24. The van der Waals surface area contributed by atoms with Crippen LogP contribution in [0.3, 0.4) is 0 Å². The molecule has 0 saturated carbocycles. The van der Waals surface area contributed by atoms with Crippen molar-refractivity contribution in [3.63, 3.8) is 0 Å². The van der Waals surface area contributed by atoms with E-state index in [2.05, 4.69) is 29.1 Å². The molecule has 0 bridgehead atoms. The van der Waals surface area contributed by atoms with Crippen molar-refractivity contribution in [1.29, 1.82) is 0 Å². The van der Waals surface area contributed by atoms with Crippen LogP contribution in [0.5, 0.6) is 0 Å². The number of likely N-dealkylation sites (tertiary alicyclic amines) is 1. The summed E-state index contributed by atoms with van der Waals surface area (Å²) in [5.41, 5.74) is 3.59. The lowest BCUT2D eigenvalue weighted by atomic mass is 10.0. The molecule has 1 aromatic heterocycles. The summed E-state index contributed by atoms with van der Waals surface area (Å²) in [6.45, 7) is 3.70. The van der Waals surface area contributed by atoms with Gasteiger partial charge >= 0.3 is 6.55 Å². The van der Waals surface area contributed by atoms with Crippen LogP contribution in [0, 0.1) is 6.92 Å². The van der Waals surface area contributed by atoms with Crippen LogP contribution in [-0.4, -0.2) is 27.8 Å². The Morgan fingerprint density at radius 2 is 1.73 bits per heavy atom. The summed E-state index contributed by atoms with van der Waals surface area (Å²) in [6, 6.07) is 8.60. The van der Waals surface area contributed by atoms with Gasteiger partial charge in [0.2, 0.25) is 0 Å². The molecule has 2 aromatic rings. The molecule has 0 spiro atoms. The number of alkyl halides is 2. The number of rotatable bonds is 4. The highest BCUT2D eigenvalue weighted by atomic mass is 19.3. The van der Waals surface area contributed by atoms with Crippen molar-refractivity contribution in [3.8, 4) is 11.1 Å². The van der Waals surface area contributed by atoms with Crippen LogP contribution >= 0.6 is 0 Å². The molecule has 1 aromatic carbocycles. The van der Waals surface area contributed by atoms with Gasteiger partial charge < -0.3 is 0 Å². The first-order valence-corrected chi connectivity index (χ1v) is 7.74. The lowest BCUT2D eigenvalue weighted by molar-refractivity contribution is 0.0563. The summed E-state index contributed by atoms with van der Waals surface area (Å²) in [6.07, 6.45) is 3.96. The maximum atomic E-state index is 12.7. The Labute approximate surface area is 129 Å². The van der Waals surface area contributed by atoms with Gasteiger partial charge in [-0.1, -0.05) is 24.3 Å². The molecule has 1 aliphatic heterocycles. The normalized spacial score (nSPS) is 17.3. The monoisotopic (exact) mass is 305 g/mol. The Kier molecular flexibility index (Phi) is 4.25. The maximum absolute atomic E-state index is 12.7. The number of hydrogen-bond donors (Lipinski definition) is 0. The molecular weight excluding hydrogens is 284 g/mol. The molecule has 0 unspecified atom stereocenters. The molecule has 1 aliphatic rings. The first-order chi connectivity index (χ1) is 10.6. The average Bonchev–Trinajstić information content (AvgIpc) is 3.16. The van der Waals surface area contributed by atoms with Crippen molar-refractivity contribution in [2.45, 2.75) is 39.3 Å². The molecule has 1 saturated heterocycles. The molecule has 0 amide bonds. The second kappa shape index (κ2) is 6.16. The quantitative estimate of drug-likeness (QED) is 0.834. The van der Waals surface area contributed by atoms with Gasteiger partial charge in [-0.2, -0.15) is 13.9 Å². The van der Waals surface area contributed by atoms with Crippen LogP contribution < -0.4 is 0 Å². The van der Waals surface area contributed by atoms with Gasteiger partial charge in [-0.3, -0.25) is 4.90 Å². The molecule has 1 fully saturated rings. The van der Waals surface area contributed by atoms with E-state index in [1.54, 1.807) is 6.92 Å². The highest BCUT2D eigenvalue weighted by Gasteiger charge is 2.19. The molecule has 0 radical (unpaired) electrons. The highest BCUT2D eigenvalue weighted by Crippen LogP contribution is 2.29. The minimum Gasteiger partial charge on any atom is -0.297 e. The zero-order valence-electron chi connectivity index (χ0n) is 13.0. The van der Waals surface area contributed by atoms with Crippen molar-refractivity contribution < 1.29 is 8.78 Å². The molecule has 5 heteroatoms. The Bertz CT molecular complexity index is 628. The zero-order valence-corrected chi connectivity index (χ0v) is 13.0. The maximum Gasteiger partial charge on any atom is 0.333 e. The number of hydrogen-bond acceptors (Lipinski definition) is 2. The van der Waals surface area contributed by atoms with E-state index >= 15 is 0 Å². The lowest BCUT2D eigenvalue weighted by Crippen LogP contribution is -2.23. The fourth-order valence-corrected chi connectivity index (χ4v) is 3.15. The molecule has 22 heavy (non-hydrogen) atoms.